The van der Waals surface area contributed by atoms with E-state index in [0.29, 0.717) is 24.8 Å². The van der Waals surface area contributed by atoms with Crippen LogP contribution in [0, 0.1) is 11.8 Å². The lowest BCUT2D eigenvalue weighted by atomic mass is 9.92. The van der Waals surface area contributed by atoms with Crippen molar-refractivity contribution in [3.05, 3.63) is 29.8 Å². The Kier molecular flexibility index (Phi) is 3.64. The van der Waals surface area contributed by atoms with Crippen LogP contribution in [0.1, 0.15) is 25.8 Å². The Morgan fingerprint density at radius 1 is 1.33 bits per heavy atom. The number of nitrogens with zero attached hydrogens (tertiary/aromatic N) is 1. The fourth-order valence-corrected chi connectivity index (χ4v) is 6.22. The van der Waals surface area contributed by atoms with Crippen molar-refractivity contribution >= 4 is 37.8 Å². The second-order valence-corrected chi connectivity index (χ2v) is 9.82. The predicted molar refractivity (Wildman–Crippen MR) is 89.8 cm³/mol. The molecule has 1 aromatic rings. The molecule has 1 saturated carbocycles. The van der Waals surface area contributed by atoms with E-state index in [2.05, 4.69) is 45.7 Å². The number of fused-ring (bicyclic) bond motifs is 1. The summed E-state index contributed by atoms with van der Waals surface area (Å²) in [6.07, 6.45) is 0.620. The molecule has 21 heavy (non-hydrogen) atoms. The fraction of sp³-hybridized carbons (Fsp3) is 0.562. The average molecular weight is 417 g/mol. The van der Waals surface area contributed by atoms with Gasteiger partial charge in [-0.2, -0.15) is 0 Å². The largest absolute Gasteiger partial charge is 0.497 e. The molecule has 0 bridgehead atoms. The monoisotopic (exact) mass is 415 g/mol. The van der Waals surface area contributed by atoms with Gasteiger partial charge < -0.3 is 9.64 Å². The van der Waals surface area contributed by atoms with Crippen molar-refractivity contribution in [3.63, 3.8) is 0 Å². The van der Waals surface area contributed by atoms with Crippen LogP contribution in [-0.2, 0) is 11.3 Å². The quantitative estimate of drug-likeness (QED) is 0.698. The van der Waals surface area contributed by atoms with Crippen molar-refractivity contribution in [1.29, 1.82) is 0 Å². The number of likely N-dealkylation sites (tertiary alicyclic amines) is 1. The van der Waals surface area contributed by atoms with Gasteiger partial charge in [-0.25, -0.2) is 0 Å². The van der Waals surface area contributed by atoms with Crippen molar-refractivity contribution < 1.29 is 9.53 Å². The zero-order valence-electron chi connectivity index (χ0n) is 12.4. The summed E-state index contributed by atoms with van der Waals surface area (Å²) in [5.41, 5.74) is 0.961. The lowest BCUT2D eigenvalue weighted by molar-refractivity contribution is -0.139. The minimum Gasteiger partial charge on any atom is -0.497 e. The van der Waals surface area contributed by atoms with E-state index in [-0.39, 0.29) is 14.7 Å². The molecule has 1 amide bonds. The molecule has 0 aromatic heterocycles. The summed E-state index contributed by atoms with van der Waals surface area (Å²) in [6.45, 7) is 4.97. The number of carbonyl (C=O) groups excluding carboxylic acids is 1. The molecule has 1 saturated heterocycles. The van der Waals surface area contributed by atoms with Gasteiger partial charge in [-0.15, -0.1) is 0 Å². The Hall–Kier alpha value is -0.550. The molecule has 0 spiro atoms. The highest BCUT2D eigenvalue weighted by atomic mass is 79.9. The van der Waals surface area contributed by atoms with E-state index in [0.717, 1.165) is 11.3 Å². The standard InChI is InChI=1S/C16H19Br2NO2/c1-10-8-13(20)19(15(2)14(10)16(15,17)18)9-11-4-6-12(21-3)7-5-11/h4-7,10,14H,8-9H2,1-3H3/t10-,14+,15-/m0/s1. The first-order valence-corrected chi connectivity index (χ1v) is 8.72. The van der Waals surface area contributed by atoms with Crippen LogP contribution in [0.5, 0.6) is 5.75 Å². The highest BCUT2D eigenvalue weighted by Crippen LogP contribution is 2.72. The molecule has 2 fully saturated rings. The normalized spacial score (nSPS) is 33.6. The van der Waals surface area contributed by atoms with Crippen molar-refractivity contribution in [2.45, 2.75) is 35.6 Å². The number of piperidine rings is 1. The van der Waals surface area contributed by atoms with Crippen LogP contribution in [0.2, 0.25) is 0 Å². The van der Waals surface area contributed by atoms with Gasteiger partial charge in [0.05, 0.1) is 12.6 Å². The number of hydrogen-bond acceptors (Lipinski definition) is 2. The van der Waals surface area contributed by atoms with Crippen molar-refractivity contribution in [3.8, 4) is 5.75 Å². The maximum absolute atomic E-state index is 12.5. The third-order valence-electron chi connectivity index (χ3n) is 5.01. The predicted octanol–water partition coefficient (Wildman–Crippen LogP) is 3.94. The third-order valence-corrected chi connectivity index (χ3v) is 7.61. The Morgan fingerprint density at radius 2 is 1.95 bits per heavy atom. The Bertz CT molecular complexity index is 572. The topological polar surface area (TPSA) is 29.5 Å². The van der Waals surface area contributed by atoms with Crippen LogP contribution < -0.4 is 4.74 Å². The van der Waals surface area contributed by atoms with Gasteiger partial charge in [0.15, 0.2) is 0 Å². The second-order valence-electron chi connectivity index (χ2n) is 6.26. The first-order chi connectivity index (χ1) is 9.82. The first kappa shape index (κ1) is 15.3. The molecule has 1 aromatic carbocycles. The molecule has 5 heteroatoms. The summed E-state index contributed by atoms with van der Waals surface area (Å²) in [5.74, 6) is 1.91. The summed E-state index contributed by atoms with van der Waals surface area (Å²) in [6, 6.07) is 7.92. The van der Waals surface area contributed by atoms with Crippen LogP contribution in [0.4, 0.5) is 0 Å². The van der Waals surface area contributed by atoms with Crippen LogP contribution in [0.25, 0.3) is 0 Å². The number of carbonyl (C=O) groups is 1. The van der Waals surface area contributed by atoms with Crippen LogP contribution in [-0.4, -0.2) is 26.7 Å². The van der Waals surface area contributed by atoms with Crippen molar-refractivity contribution in [2.75, 3.05) is 7.11 Å². The minimum absolute atomic E-state index is 0.162. The van der Waals surface area contributed by atoms with E-state index >= 15 is 0 Å². The molecule has 3 atom stereocenters. The molecule has 0 N–H and O–H groups in total. The highest BCUT2D eigenvalue weighted by Gasteiger charge is 2.78. The number of alkyl halides is 2. The summed E-state index contributed by atoms with van der Waals surface area (Å²) < 4.78 is 5.02. The molecule has 2 aliphatic rings. The SMILES string of the molecule is COc1ccc(CN2C(=O)C[C@H](C)[C@H]3C(Br)(Br)[C@]32C)cc1. The molecular weight excluding hydrogens is 398 g/mol. The van der Waals surface area contributed by atoms with Crippen LogP contribution in [0.3, 0.4) is 0 Å². The van der Waals surface area contributed by atoms with Gasteiger partial charge in [0.2, 0.25) is 5.91 Å². The van der Waals surface area contributed by atoms with Gasteiger partial charge in [0, 0.05) is 18.9 Å². The number of hydrogen-bond donors (Lipinski definition) is 0. The number of methoxy groups -OCH3 is 1. The van der Waals surface area contributed by atoms with E-state index in [1.807, 2.05) is 29.2 Å². The average Bonchev–Trinajstić information content (AvgIpc) is 2.90. The van der Waals surface area contributed by atoms with Gasteiger partial charge in [-0.1, -0.05) is 50.9 Å². The Labute approximate surface area is 142 Å². The molecule has 3 nitrogen and oxygen atoms in total. The fourth-order valence-electron chi connectivity index (χ4n) is 3.74. The molecule has 1 aliphatic heterocycles. The summed E-state index contributed by atoms with van der Waals surface area (Å²) in [7, 11) is 1.66. The van der Waals surface area contributed by atoms with E-state index in [1.165, 1.54) is 0 Å². The molecular formula is C16H19Br2NO2. The number of ether oxygens (including phenoxy) is 1. The lowest BCUT2D eigenvalue weighted by Crippen LogP contribution is -2.47. The molecule has 0 unspecified atom stereocenters. The third kappa shape index (κ3) is 2.15. The summed E-state index contributed by atoms with van der Waals surface area (Å²) in [5, 5.41) is 0. The van der Waals surface area contributed by atoms with Crippen molar-refractivity contribution in [1.82, 2.24) is 4.90 Å². The molecule has 114 valence electrons. The van der Waals surface area contributed by atoms with Gasteiger partial charge in [-0.05, 0) is 30.5 Å². The number of benzene rings is 1. The van der Waals surface area contributed by atoms with Gasteiger partial charge >= 0.3 is 0 Å². The molecule has 1 aliphatic carbocycles. The van der Waals surface area contributed by atoms with Gasteiger partial charge in [-0.3, -0.25) is 4.79 Å². The smallest absolute Gasteiger partial charge is 0.223 e. The van der Waals surface area contributed by atoms with E-state index in [9.17, 15) is 4.79 Å². The maximum atomic E-state index is 12.5. The van der Waals surface area contributed by atoms with Crippen LogP contribution >= 0.6 is 31.9 Å². The molecule has 0 radical (unpaired) electrons. The Morgan fingerprint density at radius 3 is 2.52 bits per heavy atom. The van der Waals surface area contributed by atoms with Crippen LogP contribution in [0.15, 0.2) is 24.3 Å². The Balaban J connectivity index is 1.85. The maximum Gasteiger partial charge on any atom is 0.223 e. The number of amides is 1. The highest BCUT2D eigenvalue weighted by molar-refractivity contribution is 9.25. The first-order valence-electron chi connectivity index (χ1n) is 7.13. The van der Waals surface area contributed by atoms with Crippen molar-refractivity contribution in [2.24, 2.45) is 11.8 Å². The lowest BCUT2D eigenvalue weighted by Gasteiger charge is -2.36. The number of rotatable bonds is 3. The van der Waals surface area contributed by atoms with Gasteiger partial charge in [0.1, 0.15) is 8.98 Å². The zero-order chi connectivity index (χ0) is 15.4. The summed E-state index contributed by atoms with van der Waals surface area (Å²) >= 11 is 7.57. The zero-order valence-corrected chi connectivity index (χ0v) is 15.6. The summed E-state index contributed by atoms with van der Waals surface area (Å²) in [4.78, 5) is 14.5. The second kappa shape index (κ2) is 4.98. The molecule has 1 heterocycles. The number of halogens is 2. The van der Waals surface area contributed by atoms with E-state index in [4.69, 9.17) is 4.74 Å². The molecule has 3 rings (SSSR count). The van der Waals surface area contributed by atoms with Gasteiger partial charge in [0.25, 0.3) is 0 Å². The minimum atomic E-state index is -0.165. The van der Waals surface area contributed by atoms with E-state index < -0.39 is 0 Å². The van der Waals surface area contributed by atoms with E-state index in [1.54, 1.807) is 7.11 Å².